The van der Waals surface area contributed by atoms with Crippen molar-refractivity contribution in [3.8, 4) is 0 Å². The number of carbonyl (C=O) groups is 2. The SMILES string of the molecule is Nc1nc(NC2CCN(C(=O)c3cnc[nH]3)CC2)sc1C(=O)c1c(F)cccc1F. The number of aromatic nitrogens is 3. The number of nitrogens with zero attached hydrogens (tertiary/aromatic N) is 3. The Hall–Kier alpha value is -3.34. The van der Waals surface area contributed by atoms with Gasteiger partial charge >= 0.3 is 0 Å². The lowest BCUT2D eigenvalue weighted by atomic mass is 10.1. The largest absolute Gasteiger partial charge is 0.382 e. The highest BCUT2D eigenvalue weighted by Gasteiger charge is 2.27. The maximum atomic E-state index is 13.9. The van der Waals surface area contributed by atoms with Gasteiger partial charge in [0.2, 0.25) is 5.78 Å². The summed E-state index contributed by atoms with van der Waals surface area (Å²) in [5.41, 5.74) is 5.63. The quantitative estimate of drug-likeness (QED) is 0.534. The number of anilines is 2. The third kappa shape index (κ3) is 3.88. The molecule has 3 aromatic rings. The summed E-state index contributed by atoms with van der Waals surface area (Å²) in [6.07, 6.45) is 4.29. The highest BCUT2D eigenvalue weighted by atomic mass is 32.1. The molecule has 4 rings (SSSR count). The third-order valence-corrected chi connectivity index (χ3v) is 5.89. The molecule has 2 aromatic heterocycles. The zero-order valence-electron chi connectivity index (χ0n) is 15.7. The first-order chi connectivity index (χ1) is 14.4. The summed E-state index contributed by atoms with van der Waals surface area (Å²) in [4.78, 5) is 37.4. The fourth-order valence-electron chi connectivity index (χ4n) is 3.33. The summed E-state index contributed by atoms with van der Waals surface area (Å²) in [5, 5.41) is 3.60. The van der Waals surface area contributed by atoms with Crippen molar-refractivity contribution in [1.29, 1.82) is 0 Å². The molecule has 4 N–H and O–H groups in total. The molecule has 0 aliphatic carbocycles. The molecule has 0 bridgehead atoms. The van der Waals surface area contributed by atoms with Crippen LogP contribution in [0.15, 0.2) is 30.7 Å². The van der Waals surface area contributed by atoms with Gasteiger partial charge < -0.3 is 20.9 Å². The van der Waals surface area contributed by atoms with Gasteiger partial charge in [-0.05, 0) is 25.0 Å². The average Bonchev–Trinajstić information content (AvgIpc) is 3.38. The highest BCUT2D eigenvalue weighted by molar-refractivity contribution is 7.18. The van der Waals surface area contributed by atoms with Gasteiger partial charge in [-0.2, -0.15) is 0 Å². The average molecular weight is 432 g/mol. The summed E-state index contributed by atoms with van der Waals surface area (Å²) in [6.45, 7) is 1.09. The molecule has 1 aliphatic heterocycles. The number of thiazole rings is 1. The standard InChI is InChI=1S/C19H18F2N6O2S/c20-11-2-1-3-12(21)14(11)15(28)16-17(22)26-19(30-16)25-10-4-6-27(7-5-10)18(29)13-8-23-9-24-13/h1-3,8-10H,4-7,22H2,(H,23,24)(H,25,26). The Balaban J connectivity index is 1.41. The zero-order valence-corrected chi connectivity index (χ0v) is 16.5. The third-order valence-electron chi connectivity index (χ3n) is 4.89. The molecule has 11 heteroatoms. The van der Waals surface area contributed by atoms with Crippen molar-refractivity contribution in [3.05, 3.63) is 58.5 Å². The minimum atomic E-state index is -0.948. The van der Waals surface area contributed by atoms with Crippen LogP contribution in [0.3, 0.4) is 0 Å². The normalized spacial score (nSPS) is 14.7. The first-order valence-corrected chi connectivity index (χ1v) is 10.0. The van der Waals surface area contributed by atoms with E-state index in [0.29, 0.717) is 36.8 Å². The number of piperidine rings is 1. The fraction of sp³-hybridized carbons (Fsp3) is 0.263. The van der Waals surface area contributed by atoms with Crippen LogP contribution in [0.4, 0.5) is 19.7 Å². The number of hydrogen-bond donors (Lipinski definition) is 3. The van der Waals surface area contributed by atoms with Gasteiger partial charge in [0.1, 0.15) is 28.0 Å². The van der Waals surface area contributed by atoms with E-state index < -0.39 is 23.0 Å². The summed E-state index contributed by atoms with van der Waals surface area (Å²) in [6, 6.07) is 3.25. The lowest BCUT2D eigenvalue weighted by Crippen LogP contribution is -2.42. The fourth-order valence-corrected chi connectivity index (χ4v) is 4.24. The number of imidazole rings is 1. The Morgan fingerprint density at radius 1 is 1.23 bits per heavy atom. The molecule has 8 nitrogen and oxygen atoms in total. The van der Waals surface area contributed by atoms with Crippen molar-refractivity contribution >= 4 is 34.0 Å². The Labute approximate surface area is 174 Å². The van der Waals surface area contributed by atoms with Gasteiger partial charge in [0, 0.05) is 19.1 Å². The number of ketones is 1. The first-order valence-electron chi connectivity index (χ1n) is 9.23. The second-order valence-electron chi connectivity index (χ2n) is 6.84. The Morgan fingerprint density at radius 2 is 1.93 bits per heavy atom. The van der Waals surface area contributed by atoms with Crippen LogP contribution in [0, 0.1) is 11.6 Å². The first kappa shape index (κ1) is 20.0. The number of benzene rings is 1. The van der Waals surface area contributed by atoms with Gasteiger partial charge in [-0.3, -0.25) is 9.59 Å². The van der Waals surface area contributed by atoms with Crippen molar-refractivity contribution in [2.24, 2.45) is 0 Å². The molecular formula is C19H18F2N6O2S. The number of nitrogens with two attached hydrogens (primary N) is 1. The van der Waals surface area contributed by atoms with Gasteiger partial charge in [-0.1, -0.05) is 17.4 Å². The van der Waals surface area contributed by atoms with Crippen molar-refractivity contribution in [2.75, 3.05) is 24.1 Å². The molecule has 3 heterocycles. The molecular weight excluding hydrogens is 414 g/mol. The van der Waals surface area contributed by atoms with Crippen LogP contribution in [0.1, 0.15) is 38.6 Å². The topological polar surface area (TPSA) is 117 Å². The van der Waals surface area contributed by atoms with Crippen LogP contribution >= 0.6 is 11.3 Å². The van der Waals surface area contributed by atoms with Crippen LogP contribution < -0.4 is 11.1 Å². The van der Waals surface area contributed by atoms with E-state index in [2.05, 4.69) is 20.3 Å². The maximum Gasteiger partial charge on any atom is 0.271 e. The van der Waals surface area contributed by atoms with Gasteiger partial charge in [0.15, 0.2) is 5.13 Å². The summed E-state index contributed by atoms with van der Waals surface area (Å²) in [7, 11) is 0. The maximum absolute atomic E-state index is 13.9. The zero-order chi connectivity index (χ0) is 21.3. The van der Waals surface area contributed by atoms with E-state index in [1.807, 2.05) is 0 Å². The Morgan fingerprint density at radius 3 is 2.57 bits per heavy atom. The van der Waals surface area contributed by atoms with Crippen LogP contribution in [0.5, 0.6) is 0 Å². The van der Waals surface area contributed by atoms with Crippen LogP contribution in [0.2, 0.25) is 0 Å². The van der Waals surface area contributed by atoms with E-state index in [9.17, 15) is 18.4 Å². The predicted molar refractivity (Wildman–Crippen MR) is 107 cm³/mol. The predicted octanol–water partition coefficient (Wildman–Crippen LogP) is 2.67. The highest BCUT2D eigenvalue weighted by Crippen LogP contribution is 2.30. The van der Waals surface area contributed by atoms with E-state index in [1.54, 1.807) is 4.90 Å². The molecule has 1 aliphatic rings. The molecule has 0 spiro atoms. The number of halogens is 2. The summed E-state index contributed by atoms with van der Waals surface area (Å²) < 4.78 is 27.9. The van der Waals surface area contributed by atoms with Crippen molar-refractivity contribution < 1.29 is 18.4 Å². The number of aromatic amines is 1. The molecule has 1 aromatic carbocycles. The Bertz CT molecular complexity index is 1060. The number of nitrogen functional groups attached to an aromatic ring is 1. The minimum Gasteiger partial charge on any atom is -0.382 e. The molecule has 1 amide bonds. The van der Waals surface area contributed by atoms with Gasteiger partial charge in [0.05, 0.1) is 18.1 Å². The Kier molecular flexibility index (Phi) is 5.44. The smallest absolute Gasteiger partial charge is 0.271 e. The lowest BCUT2D eigenvalue weighted by Gasteiger charge is -2.32. The number of carbonyl (C=O) groups excluding carboxylic acids is 2. The molecule has 0 radical (unpaired) electrons. The van der Waals surface area contributed by atoms with Crippen LogP contribution in [-0.2, 0) is 0 Å². The minimum absolute atomic E-state index is 0.0200. The van der Waals surface area contributed by atoms with E-state index in [0.717, 1.165) is 23.5 Å². The van der Waals surface area contributed by atoms with Crippen LogP contribution in [-0.4, -0.2) is 50.7 Å². The molecule has 30 heavy (non-hydrogen) atoms. The monoisotopic (exact) mass is 432 g/mol. The second kappa shape index (κ2) is 8.19. The summed E-state index contributed by atoms with van der Waals surface area (Å²) >= 11 is 0.955. The number of amides is 1. The molecule has 0 saturated carbocycles. The van der Waals surface area contributed by atoms with E-state index in [-0.39, 0.29) is 22.6 Å². The second-order valence-corrected chi connectivity index (χ2v) is 7.83. The molecule has 1 saturated heterocycles. The number of H-pyrrole nitrogens is 1. The molecule has 1 fully saturated rings. The lowest BCUT2D eigenvalue weighted by molar-refractivity contribution is 0.0713. The number of likely N-dealkylation sites (tertiary alicyclic amines) is 1. The van der Waals surface area contributed by atoms with Gasteiger partial charge in [-0.15, -0.1) is 0 Å². The van der Waals surface area contributed by atoms with Crippen molar-refractivity contribution in [1.82, 2.24) is 19.9 Å². The van der Waals surface area contributed by atoms with Crippen molar-refractivity contribution in [2.45, 2.75) is 18.9 Å². The van der Waals surface area contributed by atoms with Gasteiger partial charge in [0.25, 0.3) is 5.91 Å². The van der Waals surface area contributed by atoms with Gasteiger partial charge in [-0.25, -0.2) is 18.7 Å². The number of nitrogens with one attached hydrogen (secondary N) is 2. The van der Waals surface area contributed by atoms with E-state index in [1.165, 1.54) is 18.6 Å². The number of rotatable bonds is 5. The molecule has 0 atom stereocenters. The van der Waals surface area contributed by atoms with E-state index >= 15 is 0 Å². The van der Waals surface area contributed by atoms with Crippen LogP contribution in [0.25, 0.3) is 0 Å². The van der Waals surface area contributed by atoms with E-state index in [4.69, 9.17) is 5.73 Å². The number of hydrogen-bond acceptors (Lipinski definition) is 7. The molecule has 0 unspecified atom stereocenters. The van der Waals surface area contributed by atoms with Crippen molar-refractivity contribution in [3.63, 3.8) is 0 Å². The molecule has 156 valence electrons. The summed E-state index contributed by atoms with van der Waals surface area (Å²) in [5.74, 6) is -2.92.